The van der Waals surface area contributed by atoms with Gasteiger partial charge in [-0.1, -0.05) is 26.0 Å². The van der Waals surface area contributed by atoms with E-state index in [0.717, 1.165) is 43.0 Å². The summed E-state index contributed by atoms with van der Waals surface area (Å²) in [6, 6.07) is 12.6. The zero-order valence-corrected chi connectivity index (χ0v) is 20.2. The van der Waals surface area contributed by atoms with Gasteiger partial charge in [-0.15, -0.1) is 0 Å². The van der Waals surface area contributed by atoms with Crippen LogP contribution in [-0.2, 0) is 9.31 Å². The predicted molar refractivity (Wildman–Crippen MR) is 131 cm³/mol. The second-order valence-electron chi connectivity index (χ2n) is 10.3. The molecule has 0 aliphatic carbocycles. The lowest BCUT2D eigenvalue weighted by atomic mass is 9.79. The highest BCUT2D eigenvalue weighted by Gasteiger charge is 2.51. The molecular formula is C25H36BN3O3. The van der Waals surface area contributed by atoms with Crippen molar-refractivity contribution in [3.05, 3.63) is 48.3 Å². The van der Waals surface area contributed by atoms with E-state index in [9.17, 15) is 5.11 Å². The predicted octanol–water partition coefficient (Wildman–Crippen LogP) is 3.40. The monoisotopic (exact) mass is 437 g/mol. The van der Waals surface area contributed by atoms with E-state index in [1.54, 1.807) is 0 Å². The molecule has 6 nitrogen and oxygen atoms in total. The molecule has 2 saturated heterocycles. The van der Waals surface area contributed by atoms with Crippen LogP contribution < -0.4 is 15.3 Å². The molecule has 1 aromatic heterocycles. The smallest absolute Gasteiger partial charge is 0.399 e. The van der Waals surface area contributed by atoms with Crippen LogP contribution in [0, 0.1) is 5.92 Å². The first kappa shape index (κ1) is 23.1. The van der Waals surface area contributed by atoms with Crippen molar-refractivity contribution in [2.45, 2.75) is 58.8 Å². The van der Waals surface area contributed by atoms with Gasteiger partial charge in [-0.05, 0) is 63.3 Å². The minimum Gasteiger partial charge on any atom is -0.399 e. The summed E-state index contributed by atoms with van der Waals surface area (Å²) in [5.41, 5.74) is 3.48. The zero-order valence-electron chi connectivity index (χ0n) is 20.2. The lowest BCUT2D eigenvalue weighted by Gasteiger charge is -2.37. The van der Waals surface area contributed by atoms with Crippen LogP contribution in [0.3, 0.4) is 0 Å². The van der Waals surface area contributed by atoms with Gasteiger partial charge in [-0.3, -0.25) is 4.98 Å². The van der Waals surface area contributed by atoms with Crippen molar-refractivity contribution >= 4 is 24.0 Å². The van der Waals surface area contributed by atoms with Gasteiger partial charge < -0.3 is 24.2 Å². The van der Waals surface area contributed by atoms with Crippen LogP contribution >= 0.6 is 0 Å². The fraction of sp³-hybridized carbons (Fsp3) is 0.560. The van der Waals surface area contributed by atoms with E-state index in [4.69, 9.17) is 9.31 Å². The maximum Gasteiger partial charge on any atom is 0.494 e. The maximum atomic E-state index is 10.2. The number of benzene rings is 1. The average Bonchev–Trinajstić information content (AvgIpc) is 3.00. The van der Waals surface area contributed by atoms with Crippen molar-refractivity contribution in [1.29, 1.82) is 0 Å². The Balaban J connectivity index is 1.35. The number of hydrogen-bond donors (Lipinski definition) is 1. The normalized spacial score (nSPS) is 21.3. The van der Waals surface area contributed by atoms with Gasteiger partial charge in [0, 0.05) is 31.9 Å². The number of piperazine rings is 1. The van der Waals surface area contributed by atoms with Gasteiger partial charge in [0.15, 0.2) is 0 Å². The first-order chi connectivity index (χ1) is 15.1. The molecule has 0 spiro atoms. The van der Waals surface area contributed by atoms with Crippen LogP contribution in [0.1, 0.15) is 53.3 Å². The number of hydrogen-bond acceptors (Lipinski definition) is 6. The van der Waals surface area contributed by atoms with Crippen LogP contribution in [0.2, 0.25) is 0 Å². The van der Waals surface area contributed by atoms with E-state index in [0.29, 0.717) is 0 Å². The third-order valence-corrected chi connectivity index (χ3v) is 7.13. The van der Waals surface area contributed by atoms with Crippen LogP contribution in [0.5, 0.6) is 0 Å². The molecule has 7 heteroatoms. The third kappa shape index (κ3) is 4.52. The lowest BCUT2D eigenvalue weighted by Crippen LogP contribution is -2.46. The molecule has 1 N–H and O–H groups in total. The summed E-state index contributed by atoms with van der Waals surface area (Å²) < 4.78 is 12.3. The number of aliphatic hydroxyl groups excluding tert-OH is 1. The summed E-state index contributed by atoms with van der Waals surface area (Å²) >= 11 is 0. The molecule has 2 fully saturated rings. The van der Waals surface area contributed by atoms with Gasteiger partial charge in [0.25, 0.3) is 0 Å². The number of rotatable bonds is 5. The third-order valence-electron chi connectivity index (χ3n) is 7.13. The summed E-state index contributed by atoms with van der Waals surface area (Å²) in [4.78, 5) is 9.26. The Hall–Kier alpha value is -2.09. The standard InChI is InChI=1S/C25H36BN3O3/c1-18(2)23(30)22-12-11-21(17-27-22)29-15-13-28(14-16-29)20-9-7-19(8-10-20)26-31-24(3,4)25(5,6)32-26/h7-12,17-18,23,30H,13-16H2,1-6H3. The first-order valence-electron chi connectivity index (χ1n) is 11.7. The molecular weight excluding hydrogens is 401 g/mol. The number of aliphatic hydroxyl groups is 1. The zero-order chi connectivity index (χ0) is 23.1. The Morgan fingerprint density at radius 3 is 1.81 bits per heavy atom. The van der Waals surface area contributed by atoms with Gasteiger partial charge in [0.1, 0.15) is 0 Å². The molecule has 2 aliphatic heterocycles. The first-order valence-corrected chi connectivity index (χ1v) is 11.7. The summed E-state index contributed by atoms with van der Waals surface area (Å²) in [5, 5.41) is 10.2. The number of aromatic nitrogens is 1. The molecule has 0 saturated carbocycles. The van der Waals surface area contributed by atoms with E-state index in [1.165, 1.54) is 5.69 Å². The highest BCUT2D eigenvalue weighted by atomic mass is 16.7. The summed E-state index contributed by atoms with van der Waals surface area (Å²) in [7, 11) is -0.324. The van der Waals surface area contributed by atoms with E-state index >= 15 is 0 Å². The second kappa shape index (κ2) is 8.69. The number of nitrogens with zero attached hydrogens (tertiary/aromatic N) is 3. The summed E-state index contributed by atoms with van der Waals surface area (Å²) in [6.45, 7) is 16.1. The van der Waals surface area contributed by atoms with Crippen molar-refractivity contribution in [3.8, 4) is 0 Å². The molecule has 172 valence electrons. The minimum absolute atomic E-state index is 0.160. The molecule has 32 heavy (non-hydrogen) atoms. The molecule has 1 aromatic carbocycles. The topological polar surface area (TPSA) is 58.1 Å². The molecule has 0 radical (unpaired) electrons. The highest BCUT2D eigenvalue weighted by molar-refractivity contribution is 6.62. The Labute approximate surface area is 192 Å². The SMILES string of the molecule is CC(C)C(O)c1ccc(N2CCN(c3ccc(B4OC(C)(C)C(C)(C)O4)cc3)CC2)cn1. The molecule has 0 bridgehead atoms. The molecule has 2 aromatic rings. The van der Waals surface area contributed by atoms with E-state index < -0.39 is 6.10 Å². The molecule has 4 rings (SSSR count). The van der Waals surface area contributed by atoms with Crippen LogP contribution in [0.25, 0.3) is 0 Å². The fourth-order valence-corrected chi connectivity index (χ4v) is 4.15. The number of anilines is 2. The Kier molecular flexibility index (Phi) is 6.27. The number of pyridine rings is 1. The van der Waals surface area contributed by atoms with Gasteiger partial charge in [-0.25, -0.2) is 0 Å². The molecule has 3 heterocycles. The van der Waals surface area contributed by atoms with Crippen molar-refractivity contribution in [1.82, 2.24) is 4.98 Å². The fourth-order valence-electron chi connectivity index (χ4n) is 4.15. The van der Waals surface area contributed by atoms with Crippen LogP contribution in [0.4, 0.5) is 11.4 Å². The Bertz CT molecular complexity index is 891. The molecule has 1 unspecified atom stereocenters. The molecule has 2 aliphatic rings. The van der Waals surface area contributed by atoms with Gasteiger partial charge in [0.05, 0.1) is 34.9 Å². The highest BCUT2D eigenvalue weighted by Crippen LogP contribution is 2.36. The maximum absolute atomic E-state index is 10.2. The Morgan fingerprint density at radius 2 is 1.34 bits per heavy atom. The summed E-state index contributed by atoms with van der Waals surface area (Å²) in [6.07, 6.45) is 1.37. The summed E-state index contributed by atoms with van der Waals surface area (Å²) in [5.74, 6) is 0.160. The lowest BCUT2D eigenvalue weighted by molar-refractivity contribution is 0.00578. The largest absolute Gasteiger partial charge is 0.494 e. The van der Waals surface area contributed by atoms with Crippen LogP contribution in [0.15, 0.2) is 42.6 Å². The minimum atomic E-state index is -0.513. The van der Waals surface area contributed by atoms with Crippen molar-refractivity contribution in [3.63, 3.8) is 0 Å². The van der Waals surface area contributed by atoms with E-state index in [-0.39, 0.29) is 24.2 Å². The van der Waals surface area contributed by atoms with Crippen molar-refractivity contribution in [2.24, 2.45) is 5.92 Å². The second-order valence-corrected chi connectivity index (χ2v) is 10.3. The van der Waals surface area contributed by atoms with Gasteiger partial charge in [-0.2, -0.15) is 0 Å². The Morgan fingerprint density at radius 1 is 0.844 bits per heavy atom. The molecule has 0 amide bonds. The van der Waals surface area contributed by atoms with Crippen molar-refractivity contribution < 1.29 is 14.4 Å². The molecule has 1 atom stereocenters. The average molecular weight is 437 g/mol. The van der Waals surface area contributed by atoms with E-state index in [1.807, 2.05) is 26.1 Å². The van der Waals surface area contributed by atoms with Crippen LogP contribution in [-0.4, -0.2) is 54.6 Å². The quantitative estimate of drug-likeness (QED) is 0.724. The van der Waals surface area contributed by atoms with Crippen molar-refractivity contribution in [2.75, 3.05) is 36.0 Å². The van der Waals surface area contributed by atoms with E-state index in [2.05, 4.69) is 72.8 Å². The van der Waals surface area contributed by atoms with Gasteiger partial charge >= 0.3 is 7.12 Å². The van der Waals surface area contributed by atoms with Gasteiger partial charge in [0.2, 0.25) is 0 Å².